The summed E-state index contributed by atoms with van der Waals surface area (Å²) in [5.74, 6) is 1.52. The van der Waals surface area contributed by atoms with Crippen LogP contribution in [0.4, 0.5) is 5.69 Å². The number of rotatable bonds is 6. The van der Waals surface area contributed by atoms with E-state index in [-0.39, 0.29) is 0 Å². The standard InChI is InChI=1S/C16H17BrClNO/c1-20-15-6-7-16(17)13(10-15)11-19-14-4-2-12(3-5-14)8-9-18/h2-7,10,19H,8-9,11H2,1H3. The zero-order valence-corrected chi connectivity index (χ0v) is 13.7. The Hall–Kier alpha value is -1.19. The number of methoxy groups -OCH3 is 1. The first kappa shape index (κ1) is 15.2. The molecule has 0 aliphatic heterocycles. The van der Waals surface area contributed by atoms with E-state index in [1.807, 2.05) is 18.2 Å². The summed E-state index contributed by atoms with van der Waals surface area (Å²) in [6.07, 6.45) is 0.906. The number of halogens is 2. The summed E-state index contributed by atoms with van der Waals surface area (Å²) in [6.45, 7) is 0.743. The molecule has 0 bridgehead atoms. The molecule has 1 N–H and O–H groups in total. The van der Waals surface area contributed by atoms with Gasteiger partial charge in [0.25, 0.3) is 0 Å². The third-order valence-electron chi connectivity index (χ3n) is 3.07. The number of nitrogens with one attached hydrogen (secondary N) is 1. The quantitative estimate of drug-likeness (QED) is 0.749. The summed E-state index contributed by atoms with van der Waals surface area (Å²) in [5, 5.41) is 3.40. The molecule has 106 valence electrons. The lowest BCUT2D eigenvalue weighted by molar-refractivity contribution is 0.414. The van der Waals surface area contributed by atoms with Crippen molar-refractivity contribution in [2.45, 2.75) is 13.0 Å². The summed E-state index contributed by atoms with van der Waals surface area (Å²) >= 11 is 9.29. The fraction of sp³-hybridized carbons (Fsp3) is 0.250. The molecule has 0 saturated carbocycles. The highest BCUT2D eigenvalue weighted by atomic mass is 79.9. The van der Waals surface area contributed by atoms with Gasteiger partial charge in [0.1, 0.15) is 5.75 Å². The number of anilines is 1. The second-order valence-corrected chi connectivity index (χ2v) is 5.68. The first-order valence-corrected chi connectivity index (χ1v) is 7.77. The highest BCUT2D eigenvalue weighted by Crippen LogP contribution is 2.23. The van der Waals surface area contributed by atoms with E-state index in [1.54, 1.807) is 7.11 Å². The topological polar surface area (TPSA) is 21.3 Å². The van der Waals surface area contributed by atoms with E-state index in [0.717, 1.165) is 34.4 Å². The van der Waals surface area contributed by atoms with E-state index < -0.39 is 0 Å². The summed E-state index contributed by atoms with van der Waals surface area (Å²) in [5.41, 5.74) is 3.51. The van der Waals surface area contributed by atoms with Gasteiger partial charge >= 0.3 is 0 Å². The van der Waals surface area contributed by atoms with Crippen LogP contribution in [0.5, 0.6) is 5.75 Å². The Labute approximate surface area is 133 Å². The molecule has 4 heteroatoms. The largest absolute Gasteiger partial charge is 0.497 e. The van der Waals surface area contributed by atoms with Gasteiger partial charge in [-0.3, -0.25) is 0 Å². The Kier molecular flexibility index (Phi) is 5.74. The minimum atomic E-state index is 0.656. The summed E-state index contributed by atoms with van der Waals surface area (Å²) in [4.78, 5) is 0. The zero-order valence-electron chi connectivity index (χ0n) is 11.3. The van der Waals surface area contributed by atoms with Crippen LogP contribution < -0.4 is 10.1 Å². The van der Waals surface area contributed by atoms with E-state index in [9.17, 15) is 0 Å². The van der Waals surface area contributed by atoms with Crippen molar-refractivity contribution in [3.63, 3.8) is 0 Å². The van der Waals surface area contributed by atoms with Crippen molar-refractivity contribution >= 4 is 33.2 Å². The molecule has 0 radical (unpaired) electrons. The molecule has 0 unspecified atom stereocenters. The predicted octanol–water partition coefficient (Wildman–Crippen LogP) is 4.85. The Morgan fingerprint density at radius 2 is 1.90 bits per heavy atom. The van der Waals surface area contributed by atoms with Gasteiger partial charge in [-0.05, 0) is 47.9 Å². The van der Waals surface area contributed by atoms with E-state index in [4.69, 9.17) is 16.3 Å². The fourth-order valence-electron chi connectivity index (χ4n) is 1.91. The molecule has 2 rings (SSSR count). The molecule has 0 spiro atoms. The highest BCUT2D eigenvalue weighted by Gasteiger charge is 2.02. The Morgan fingerprint density at radius 3 is 2.55 bits per heavy atom. The van der Waals surface area contributed by atoms with Gasteiger partial charge in [0.05, 0.1) is 7.11 Å². The van der Waals surface area contributed by atoms with Crippen LogP contribution in [-0.4, -0.2) is 13.0 Å². The average molecular weight is 355 g/mol. The third-order valence-corrected chi connectivity index (χ3v) is 4.04. The van der Waals surface area contributed by atoms with E-state index >= 15 is 0 Å². The molecule has 2 aromatic rings. The lowest BCUT2D eigenvalue weighted by Gasteiger charge is -2.10. The smallest absolute Gasteiger partial charge is 0.119 e. The van der Waals surface area contributed by atoms with Crippen molar-refractivity contribution in [1.82, 2.24) is 0 Å². The molecule has 2 nitrogen and oxygen atoms in total. The van der Waals surface area contributed by atoms with Crippen molar-refractivity contribution in [3.05, 3.63) is 58.1 Å². The van der Waals surface area contributed by atoms with Gasteiger partial charge in [-0.15, -0.1) is 11.6 Å². The van der Waals surface area contributed by atoms with Crippen LogP contribution in [0.25, 0.3) is 0 Å². The van der Waals surface area contributed by atoms with Crippen LogP contribution in [0.1, 0.15) is 11.1 Å². The van der Waals surface area contributed by atoms with Crippen molar-refractivity contribution in [2.75, 3.05) is 18.3 Å². The van der Waals surface area contributed by atoms with Crippen molar-refractivity contribution in [1.29, 1.82) is 0 Å². The Morgan fingerprint density at radius 1 is 1.15 bits per heavy atom. The third kappa shape index (κ3) is 4.15. The van der Waals surface area contributed by atoms with Crippen LogP contribution in [0.2, 0.25) is 0 Å². The molecular formula is C16H17BrClNO. The first-order chi connectivity index (χ1) is 9.72. The average Bonchev–Trinajstić information content (AvgIpc) is 2.48. The SMILES string of the molecule is COc1ccc(Br)c(CNc2ccc(CCCl)cc2)c1. The molecule has 0 amide bonds. The molecule has 0 aliphatic rings. The predicted molar refractivity (Wildman–Crippen MR) is 88.9 cm³/mol. The van der Waals surface area contributed by atoms with Gasteiger partial charge < -0.3 is 10.1 Å². The lowest BCUT2D eigenvalue weighted by atomic mass is 10.1. The molecule has 2 aromatic carbocycles. The number of hydrogen-bond acceptors (Lipinski definition) is 2. The second kappa shape index (κ2) is 7.55. The number of hydrogen-bond donors (Lipinski definition) is 1. The molecular weight excluding hydrogens is 338 g/mol. The van der Waals surface area contributed by atoms with Crippen LogP contribution >= 0.6 is 27.5 Å². The monoisotopic (exact) mass is 353 g/mol. The maximum atomic E-state index is 5.73. The van der Waals surface area contributed by atoms with E-state index in [2.05, 4.69) is 45.5 Å². The number of benzene rings is 2. The first-order valence-electron chi connectivity index (χ1n) is 6.44. The number of ether oxygens (including phenoxy) is 1. The van der Waals surface area contributed by atoms with Gasteiger partial charge in [-0.1, -0.05) is 28.1 Å². The van der Waals surface area contributed by atoms with E-state index in [1.165, 1.54) is 5.56 Å². The van der Waals surface area contributed by atoms with Crippen molar-refractivity contribution in [3.8, 4) is 5.75 Å². The van der Waals surface area contributed by atoms with Crippen molar-refractivity contribution in [2.24, 2.45) is 0 Å². The Balaban J connectivity index is 2.01. The number of aryl methyl sites for hydroxylation is 1. The minimum Gasteiger partial charge on any atom is -0.497 e. The van der Waals surface area contributed by atoms with Gasteiger partial charge in [0.2, 0.25) is 0 Å². The molecule has 0 atom stereocenters. The van der Waals surface area contributed by atoms with Gasteiger partial charge in [0, 0.05) is 22.6 Å². The van der Waals surface area contributed by atoms with E-state index in [0.29, 0.717) is 5.88 Å². The maximum absolute atomic E-state index is 5.73. The van der Waals surface area contributed by atoms with Crippen LogP contribution in [-0.2, 0) is 13.0 Å². The fourth-order valence-corrected chi connectivity index (χ4v) is 2.51. The molecule has 0 heterocycles. The molecule has 0 fully saturated rings. The number of alkyl halides is 1. The van der Waals surface area contributed by atoms with Crippen LogP contribution in [0.15, 0.2) is 46.9 Å². The Bertz CT molecular complexity index is 557. The highest BCUT2D eigenvalue weighted by molar-refractivity contribution is 9.10. The molecule has 0 aromatic heterocycles. The summed E-state index contributed by atoms with van der Waals surface area (Å²) < 4.78 is 6.32. The normalized spacial score (nSPS) is 10.3. The zero-order chi connectivity index (χ0) is 14.4. The van der Waals surface area contributed by atoms with Crippen LogP contribution in [0, 0.1) is 0 Å². The van der Waals surface area contributed by atoms with Gasteiger partial charge in [-0.2, -0.15) is 0 Å². The molecule has 20 heavy (non-hydrogen) atoms. The lowest BCUT2D eigenvalue weighted by Crippen LogP contribution is -2.01. The minimum absolute atomic E-state index is 0.656. The maximum Gasteiger partial charge on any atom is 0.119 e. The molecule has 0 saturated heterocycles. The molecule has 0 aliphatic carbocycles. The summed E-state index contributed by atoms with van der Waals surface area (Å²) in [7, 11) is 1.68. The second-order valence-electron chi connectivity index (χ2n) is 4.45. The van der Waals surface area contributed by atoms with Gasteiger partial charge in [0.15, 0.2) is 0 Å². The van der Waals surface area contributed by atoms with Crippen molar-refractivity contribution < 1.29 is 4.74 Å². The summed E-state index contributed by atoms with van der Waals surface area (Å²) in [6, 6.07) is 14.3. The van der Waals surface area contributed by atoms with Gasteiger partial charge in [-0.25, -0.2) is 0 Å². The van der Waals surface area contributed by atoms with Crippen LogP contribution in [0.3, 0.4) is 0 Å².